The van der Waals surface area contributed by atoms with Crippen molar-refractivity contribution in [2.75, 3.05) is 13.7 Å². The number of ether oxygens (including phenoxy) is 1. The van der Waals surface area contributed by atoms with Crippen LogP contribution in [0.5, 0.6) is 0 Å². The molecule has 1 saturated carbocycles. The van der Waals surface area contributed by atoms with Crippen molar-refractivity contribution in [3.05, 3.63) is 17.5 Å². The number of aryl methyl sites for hydroxylation is 1. The van der Waals surface area contributed by atoms with Crippen LogP contribution in [0.1, 0.15) is 61.6 Å². The van der Waals surface area contributed by atoms with Crippen LogP contribution in [0.3, 0.4) is 0 Å². The van der Waals surface area contributed by atoms with Crippen molar-refractivity contribution in [3.63, 3.8) is 0 Å². The molecule has 2 heterocycles. The topological polar surface area (TPSA) is 67.6 Å². The van der Waals surface area contributed by atoms with Crippen molar-refractivity contribution >= 4 is 5.91 Å². The highest BCUT2D eigenvalue weighted by Gasteiger charge is 2.52. The van der Waals surface area contributed by atoms with Crippen molar-refractivity contribution in [2.24, 2.45) is 7.05 Å². The number of hydrogen-bond acceptors (Lipinski definition) is 4. The van der Waals surface area contributed by atoms with Gasteiger partial charge in [0, 0.05) is 20.7 Å². The summed E-state index contributed by atoms with van der Waals surface area (Å²) in [5, 5.41) is 14.5. The molecular formula is C17H27N3O3. The molecule has 6 heteroatoms. The molecule has 1 aliphatic heterocycles. The maximum absolute atomic E-state index is 13.1. The third-order valence-electron chi connectivity index (χ3n) is 5.53. The Labute approximate surface area is 137 Å². The van der Waals surface area contributed by atoms with Crippen LogP contribution in [-0.2, 0) is 11.8 Å². The van der Waals surface area contributed by atoms with Gasteiger partial charge in [0.05, 0.1) is 23.4 Å². The highest BCUT2D eigenvalue weighted by atomic mass is 16.5. The molecule has 0 aromatic carbocycles. The van der Waals surface area contributed by atoms with Crippen LogP contribution in [0.25, 0.3) is 0 Å². The number of likely N-dealkylation sites (tertiary alicyclic amines) is 1. The molecule has 2 fully saturated rings. The lowest BCUT2D eigenvalue weighted by Crippen LogP contribution is -2.53. The average Bonchev–Trinajstić information content (AvgIpc) is 3.08. The fraction of sp³-hybridized carbons (Fsp3) is 0.765. The van der Waals surface area contributed by atoms with Gasteiger partial charge in [-0.05, 0) is 37.7 Å². The van der Waals surface area contributed by atoms with Gasteiger partial charge in [-0.1, -0.05) is 13.8 Å². The fourth-order valence-corrected chi connectivity index (χ4v) is 4.04. The van der Waals surface area contributed by atoms with Crippen molar-refractivity contribution in [3.8, 4) is 0 Å². The van der Waals surface area contributed by atoms with E-state index >= 15 is 0 Å². The molecule has 2 aliphatic rings. The molecule has 3 rings (SSSR count). The van der Waals surface area contributed by atoms with E-state index in [1.165, 1.54) is 0 Å². The first-order valence-electron chi connectivity index (χ1n) is 8.46. The molecule has 1 aromatic heterocycles. The number of carbonyl (C=O) groups is 1. The highest BCUT2D eigenvalue weighted by Crippen LogP contribution is 2.42. The summed E-state index contributed by atoms with van der Waals surface area (Å²) >= 11 is 0. The Morgan fingerprint density at radius 1 is 1.48 bits per heavy atom. The molecule has 1 saturated heterocycles. The average molecular weight is 321 g/mol. The van der Waals surface area contributed by atoms with Gasteiger partial charge in [0.1, 0.15) is 5.69 Å². The van der Waals surface area contributed by atoms with Gasteiger partial charge in [-0.15, -0.1) is 0 Å². The normalized spacial score (nSPS) is 30.8. The van der Waals surface area contributed by atoms with Gasteiger partial charge in [0.2, 0.25) is 0 Å². The molecular weight excluding hydrogens is 294 g/mol. The lowest BCUT2D eigenvalue weighted by Gasteiger charge is -2.42. The summed E-state index contributed by atoms with van der Waals surface area (Å²) in [7, 11) is 3.54. The summed E-state index contributed by atoms with van der Waals surface area (Å²) in [6.45, 7) is 4.81. The zero-order chi connectivity index (χ0) is 16.8. The van der Waals surface area contributed by atoms with Crippen molar-refractivity contribution < 1.29 is 14.6 Å². The second-order valence-corrected chi connectivity index (χ2v) is 7.19. The Balaban J connectivity index is 1.88. The van der Waals surface area contributed by atoms with E-state index in [2.05, 4.69) is 18.9 Å². The number of aromatic nitrogens is 2. The highest BCUT2D eigenvalue weighted by molar-refractivity contribution is 5.93. The lowest BCUT2D eigenvalue weighted by molar-refractivity contribution is -0.0825. The summed E-state index contributed by atoms with van der Waals surface area (Å²) in [4.78, 5) is 14.9. The zero-order valence-electron chi connectivity index (χ0n) is 14.5. The summed E-state index contributed by atoms with van der Waals surface area (Å²) in [5.41, 5.74) is 1.24. The van der Waals surface area contributed by atoms with Crippen LogP contribution in [0.4, 0.5) is 0 Å². The van der Waals surface area contributed by atoms with Gasteiger partial charge < -0.3 is 14.7 Å². The summed E-state index contributed by atoms with van der Waals surface area (Å²) in [6, 6.07) is 1.83. The predicted octanol–water partition coefficient (Wildman–Crippen LogP) is 1.69. The van der Waals surface area contributed by atoms with E-state index in [-0.39, 0.29) is 29.6 Å². The van der Waals surface area contributed by atoms with E-state index in [0.29, 0.717) is 18.7 Å². The van der Waals surface area contributed by atoms with Crippen LogP contribution in [0, 0.1) is 0 Å². The summed E-state index contributed by atoms with van der Waals surface area (Å²) in [6.07, 6.45) is 2.63. The minimum atomic E-state index is -0.352. The fourth-order valence-electron chi connectivity index (χ4n) is 4.04. The largest absolute Gasteiger partial charge is 0.393 e. The SMILES string of the molecule is CO[C@@]12CCC(O)CC1N(C(=O)c1cc(C(C)C)nn1C)CC2. The first-order chi connectivity index (χ1) is 10.9. The molecule has 1 aliphatic carbocycles. The number of carbonyl (C=O) groups excluding carboxylic acids is 1. The van der Waals surface area contributed by atoms with Crippen LogP contribution in [0.2, 0.25) is 0 Å². The smallest absolute Gasteiger partial charge is 0.272 e. The Bertz CT molecular complexity index is 598. The minimum Gasteiger partial charge on any atom is -0.393 e. The van der Waals surface area contributed by atoms with E-state index < -0.39 is 0 Å². The molecule has 0 spiro atoms. The molecule has 3 atom stereocenters. The van der Waals surface area contributed by atoms with Crippen LogP contribution in [0.15, 0.2) is 6.07 Å². The van der Waals surface area contributed by atoms with E-state index in [0.717, 1.165) is 25.0 Å². The monoisotopic (exact) mass is 321 g/mol. The zero-order valence-corrected chi connectivity index (χ0v) is 14.5. The Morgan fingerprint density at radius 3 is 2.83 bits per heavy atom. The molecule has 0 radical (unpaired) electrons. The summed E-state index contributed by atoms with van der Waals surface area (Å²) in [5.74, 6) is 0.279. The van der Waals surface area contributed by atoms with Gasteiger partial charge in [0.25, 0.3) is 5.91 Å². The molecule has 1 aromatic rings. The third-order valence-corrected chi connectivity index (χ3v) is 5.53. The van der Waals surface area contributed by atoms with Gasteiger partial charge in [-0.2, -0.15) is 5.10 Å². The Kier molecular flexibility index (Phi) is 4.23. The van der Waals surface area contributed by atoms with Gasteiger partial charge in [-0.3, -0.25) is 9.48 Å². The summed E-state index contributed by atoms with van der Waals surface area (Å²) < 4.78 is 7.48. The Morgan fingerprint density at radius 2 is 2.22 bits per heavy atom. The standard InChI is InChI=1S/C17H27N3O3/c1-11(2)13-10-14(19(3)18-13)16(22)20-8-7-17(23-4)6-5-12(21)9-15(17)20/h10-12,15,21H,5-9H2,1-4H3/t12?,15?,17-/m1/s1. The number of hydrogen-bond donors (Lipinski definition) is 1. The van der Waals surface area contributed by atoms with E-state index in [1.807, 2.05) is 18.0 Å². The minimum absolute atomic E-state index is 0.00933. The predicted molar refractivity (Wildman–Crippen MR) is 86.3 cm³/mol. The number of nitrogens with zero attached hydrogens (tertiary/aromatic N) is 3. The Hall–Kier alpha value is -1.40. The van der Waals surface area contributed by atoms with E-state index in [9.17, 15) is 9.90 Å². The lowest BCUT2D eigenvalue weighted by atomic mass is 9.79. The molecule has 23 heavy (non-hydrogen) atoms. The molecule has 128 valence electrons. The number of aliphatic hydroxyl groups is 1. The maximum atomic E-state index is 13.1. The van der Waals surface area contributed by atoms with Gasteiger partial charge in [-0.25, -0.2) is 0 Å². The quantitative estimate of drug-likeness (QED) is 0.920. The van der Waals surface area contributed by atoms with Crippen molar-refractivity contribution in [1.82, 2.24) is 14.7 Å². The van der Waals surface area contributed by atoms with Gasteiger partial charge in [0.15, 0.2) is 0 Å². The first-order valence-corrected chi connectivity index (χ1v) is 8.46. The van der Waals surface area contributed by atoms with E-state index in [4.69, 9.17) is 4.74 Å². The van der Waals surface area contributed by atoms with Crippen LogP contribution < -0.4 is 0 Å². The maximum Gasteiger partial charge on any atom is 0.272 e. The van der Waals surface area contributed by atoms with Crippen molar-refractivity contribution in [1.29, 1.82) is 0 Å². The first kappa shape index (κ1) is 16.5. The number of aliphatic hydroxyl groups excluding tert-OH is 1. The third kappa shape index (κ3) is 2.68. The van der Waals surface area contributed by atoms with Crippen LogP contribution >= 0.6 is 0 Å². The number of amides is 1. The van der Waals surface area contributed by atoms with Crippen molar-refractivity contribution in [2.45, 2.75) is 63.2 Å². The molecule has 1 N–H and O–H groups in total. The molecule has 1 amide bonds. The molecule has 2 unspecified atom stereocenters. The second-order valence-electron chi connectivity index (χ2n) is 7.19. The van der Waals surface area contributed by atoms with E-state index in [1.54, 1.807) is 11.8 Å². The second kappa shape index (κ2) is 5.91. The van der Waals surface area contributed by atoms with Crippen LogP contribution in [-0.4, -0.2) is 57.1 Å². The van der Waals surface area contributed by atoms with Gasteiger partial charge >= 0.3 is 0 Å². The number of rotatable bonds is 3. The molecule has 0 bridgehead atoms. The number of fused-ring (bicyclic) bond motifs is 1. The number of methoxy groups -OCH3 is 1. The molecule has 6 nitrogen and oxygen atoms in total.